The number of rotatable bonds is 4. The molecule has 0 saturated carbocycles. The number of aromatic nitrogens is 2. The fourth-order valence-corrected chi connectivity index (χ4v) is 3.48. The Bertz CT molecular complexity index is 1160. The molecule has 1 fully saturated rings. The summed E-state index contributed by atoms with van der Waals surface area (Å²) in [4.78, 5) is 23.3. The van der Waals surface area contributed by atoms with Gasteiger partial charge < -0.3 is 20.1 Å². The number of morpholine rings is 1. The van der Waals surface area contributed by atoms with E-state index >= 15 is 0 Å². The minimum absolute atomic E-state index is 0.0896. The largest absolute Gasteiger partial charge is 0.505 e. The topological polar surface area (TPSA) is 111 Å². The molecule has 3 aromatic rings. The molecule has 1 amide bonds. The highest BCUT2D eigenvalue weighted by atomic mass is 35.5. The molecule has 0 aliphatic carbocycles. The van der Waals surface area contributed by atoms with Crippen LogP contribution in [0.15, 0.2) is 36.5 Å². The Morgan fingerprint density at radius 1 is 1.30 bits per heavy atom. The fourth-order valence-electron chi connectivity index (χ4n) is 3.23. The van der Waals surface area contributed by atoms with Gasteiger partial charge >= 0.3 is 0 Å². The van der Waals surface area contributed by atoms with Gasteiger partial charge in [-0.1, -0.05) is 17.7 Å². The van der Waals surface area contributed by atoms with E-state index in [9.17, 15) is 9.90 Å². The molecule has 0 bridgehead atoms. The SMILES string of the molecule is N#Cc1ccc(CNC(=O)c2ncc3nc(N4CCOCC4)ccc3c2O)c(Cl)c1. The number of nitrogens with zero attached hydrogens (tertiary/aromatic N) is 4. The van der Waals surface area contributed by atoms with Crippen LogP contribution in [-0.4, -0.2) is 47.3 Å². The second-order valence-corrected chi connectivity index (χ2v) is 7.16. The summed E-state index contributed by atoms with van der Waals surface area (Å²) in [5.74, 6) is 0.0173. The molecule has 1 saturated heterocycles. The minimum Gasteiger partial charge on any atom is -0.505 e. The van der Waals surface area contributed by atoms with Crippen molar-refractivity contribution < 1.29 is 14.6 Å². The van der Waals surface area contributed by atoms with E-state index < -0.39 is 5.91 Å². The van der Waals surface area contributed by atoms with Crippen molar-refractivity contribution in [3.8, 4) is 11.8 Å². The van der Waals surface area contributed by atoms with Crippen molar-refractivity contribution in [2.45, 2.75) is 6.54 Å². The Balaban J connectivity index is 1.53. The van der Waals surface area contributed by atoms with E-state index in [1.807, 2.05) is 12.1 Å². The Labute approximate surface area is 177 Å². The number of fused-ring (bicyclic) bond motifs is 1. The Morgan fingerprint density at radius 2 is 2.10 bits per heavy atom. The smallest absolute Gasteiger partial charge is 0.274 e. The second kappa shape index (κ2) is 8.53. The van der Waals surface area contributed by atoms with Crippen molar-refractivity contribution in [2.24, 2.45) is 0 Å². The zero-order chi connectivity index (χ0) is 21.1. The molecule has 0 atom stereocenters. The summed E-state index contributed by atoms with van der Waals surface area (Å²) in [5.41, 5.74) is 1.50. The van der Waals surface area contributed by atoms with Crippen molar-refractivity contribution in [3.63, 3.8) is 0 Å². The van der Waals surface area contributed by atoms with Crippen LogP contribution in [0.1, 0.15) is 21.6 Å². The third-order valence-electron chi connectivity index (χ3n) is 4.88. The van der Waals surface area contributed by atoms with E-state index in [1.165, 1.54) is 12.3 Å². The molecule has 0 radical (unpaired) electrons. The first-order chi connectivity index (χ1) is 14.6. The van der Waals surface area contributed by atoms with E-state index in [-0.39, 0.29) is 18.0 Å². The van der Waals surface area contributed by atoms with Gasteiger partial charge in [-0.3, -0.25) is 4.79 Å². The monoisotopic (exact) mass is 423 g/mol. The standard InChI is InChI=1S/C21H18ClN5O3/c22-16-9-13(10-23)1-2-14(16)11-25-21(29)19-20(28)15-3-4-18(26-17(15)12-24-19)27-5-7-30-8-6-27/h1-4,9,12,28H,5-8,11H2,(H,25,29). The van der Waals surface area contributed by atoms with Crippen LogP contribution >= 0.6 is 11.6 Å². The van der Waals surface area contributed by atoms with Gasteiger partial charge in [0.15, 0.2) is 11.4 Å². The summed E-state index contributed by atoms with van der Waals surface area (Å²) in [6, 6.07) is 10.4. The van der Waals surface area contributed by atoms with Crippen LogP contribution in [0.5, 0.6) is 5.75 Å². The lowest BCUT2D eigenvalue weighted by Crippen LogP contribution is -2.36. The number of aromatic hydroxyl groups is 1. The molecule has 3 heterocycles. The summed E-state index contributed by atoms with van der Waals surface area (Å²) in [7, 11) is 0. The number of nitrogens with one attached hydrogen (secondary N) is 1. The molecule has 2 N–H and O–H groups in total. The average Bonchev–Trinajstić information content (AvgIpc) is 2.78. The maximum Gasteiger partial charge on any atom is 0.274 e. The van der Waals surface area contributed by atoms with Gasteiger partial charge in [0.25, 0.3) is 5.91 Å². The van der Waals surface area contributed by atoms with E-state index in [2.05, 4.69) is 20.2 Å². The molecular formula is C21H18ClN5O3. The quantitative estimate of drug-likeness (QED) is 0.663. The van der Waals surface area contributed by atoms with Crippen molar-refractivity contribution >= 4 is 34.2 Å². The predicted octanol–water partition coefficient (Wildman–Crippen LogP) is 2.63. The average molecular weight is 424 g/mol. The number of nitriles is 1. The zero-order valence-electron chi connectivity index (χ0n) is 15.9. The molecule has 1 aromatic carbocycles. The molecule has 4 rings (SSSR count). The molecule has 9 heteroatoms. The van der Waals surface area contributed by atoms with Crippen LogP contribution < -0.4 is 10.2 Å². The number of hydrogen-bond acceptors (Lipinski definition) is 7. The first-order valence-corrected chi connectivity index (χ1v) is 9.73. The predicted molar refractivity (Wildman–Crippen MR) is 112 cm³/mol. The number of anilines is 1. The van der Waals surface area contributed by atoms with E-state index in [1.54, 1.807) is 18.2 Å². The first-order valence-electron chi connectivity index (χ1n) is 9.35. The number of hydrogen-bond donors (Lipinski definition) is 2. The number of halogens is 1. The molecule has 2 aromatic heterocycles. The van der Waals surface area contributed by atoms with Gasteiger partial charge in [-0.2, -0.15) is 5.26 Å². The summed E-state index contributed by atoms with van der Waals surface area (Å²) in [6.45, 7) is 2.92. The fraction of sp³-hybridized carbons (Fsp3) is 0.238. The van der Waals surface area contributed by atoms with Crippen LogP contribution in [0.3, 0.4) is 0 Å². The summed E-state index contributed by atoms with van der Waals surface area (Å²) in [6.07, 6.45) is 1.47. The van der Waals surface area contributed by atoms with E-state index in [0.717, 1.165) is 18.9 Å². The molecule has 0 spiro atoms. The van der Waals surface area contributed by atoms with Gasteiger partial charge in [-0.05, 0) is 29.8 Å². The van der Waals surface area contributed by atoms with Gasteiger partial charge in [-0.15, -0.1) is 0 Å². The lowest BCUT2D eigenvalue weighted by atomic mass is 10.1. The number of carbonyl (C=O) groups excluding carboxylic acids is 1. The van der Waals surface area contributed by atoms with Crippen molar-refractivity contribution in [2.75, 3.05) is 31.2 Å². The number of amides is 1. The number of benzene rings is 1. The normalized spacial score (nSPS) is 13.8. The maximum absolute atomic E-state index is 12.6. The summed E-state index contributed by atoms with van der Waals surface area (Å²) < 4.78 is 5.35. The number of carbonyl (C=O) groups is 1. The van der Waals surface area contributed by atoms with Crippen LogP contribution in [0.2, 0.25) is 5.02 Å². The molecule has 1 aliphatic heterocycles. The highest BCUT2D eigenvalue weighted by Gasteiger charge is 2.18. The molecule has 0 unspecified atom stereocenters. The van der Waals surface area contributed by atoms with Crippen molar-refractivity contribution in [1.29, 1.82) is 5.26 Å². The van der Waals surface area contributed by atoms with Crippen LogP contribution in [-0.2, 0) is 11.3 Å². The van der Waals surface area contributed by atoms with Gasteiger partial charge in [0, 0.05) is 30.0 Å². The van der Waals surface area contributed by atoms with Crippen molar-refractivity contribution in [3.05, 3.63) is 58.4 Å². The highest BCUT2D eigenvalue weighted by Crippen LogP contribution is 2.28. The lowest BCUT2D eigenvalue weighted by molar-refractivity contribution is 0.0943. The summed E-state index contributed by atoms with van der Waals surface area (Å²) >= 11 is 6.14. The third-order valence-corrected chi connectivity index (χ3v) is 5.23. The van der Waals surface area contributed by atoms with Gasteiger partial charge in [0.2, 0.25) is 0 Å². The van der Waals surface area contributed by atoms with Crippen molar-refractivity contribution in [1.82, 2.24) is 15.3 Å². The third kappa shape index (κ3) is 3.99. The van der Waals surface area contributed by atoms with E-state index in [0.29, 0.717) is 40.3 Å². The number of ether oxygens (including phenoxy) is 1. The Hall–Kier alpha value is -3.41. The molecule has 1 aliphatic rings. The van der Waals surface area contributed by atoms with Crippen LogP contribution in [0.4, 0.5) is 5.82 Å². The molecule has 30 heavy (non-hydrogen) atoms. The lowest BCUT2D eigenvalue weighted by Gasteiger charge is -2.27. The van der Waals surface area contributed by atoms with Crippen LogP contribution in [0.25, 0.3) is 10.9 Å². The highest BCUT2D eigenvalue weighted by molar-refractivity contribution is 6.31. The second-order valence-electron chi connectivity index (χ2n) is 6.76. The van der Waals surface area contributed by atoms with E-state index in [4.69, 9.17) is 21.6 Å². The zero-order valence-corrected chi connectivity index (χ0v) is 16.7. The van der Waals surface area contributed by atoms with Crippen LogP contribution in [0, 0.1) is 11.3 Å². The van der Waals surface area contributed by atoms with Gasteiger partial charge in [-0.25, -0.2) is 9.97 Å². The Morgan fingerprint density at radius 3 is 2.83 bits per heavy atom. The van der Waals surface area contributed by atoms with Gasteiger partial charge in [0.1, 0.15) is 5.82 Å². The molecule has 152 valence electrons. The summed E-state index contributed by atoms with van der Waals surface area (Å²) in [5, 5.41) is 23.0. The minimum atomic E-state index is -0.535. The number of pyridine rings is 2. The molecular weight excluding hydrogens is 406 g/mol. The Kier molecular flexibility index (Phi) is 5.65. The maximum atomic E-state index is 12.6. The first kappa shape index (κ1) is 19.9. The van der Waals surface area contributed by atoms with Gasteiger partial charge in [0.05, 0.1) is 36.6 Å². The molecule has 8 nitrogen and oxygen atoms in total.